The van der Waals surface area contributed by atoms with E-state index in [1.165, 1.54) is 44.5 Å². The molecule has 0 N–H and O–H groups in total. The first-order valence-electron chi connectivity index (χ1n) is 8.48. The van der Waals surface area contributed by atoms with Gasteiger partial charge in [-0.05, 0) is 45.1 Å². The molecular weight excluding hydrogens is 276 g/mol. The normalized spacial score (nSPS) is 23.9. The molecule has 5 heteroatoms. The first kappa shape index (κ1) is 15.7. The Morgan fingerprint density at radius 2 is 2.00 bits per heavy atom. The number of hydrogen-bond donors (Lipinski definition) is 0. The van der Waals surface area contributed by atoms with Crippen molar-refractivity contribution in [2.75, 3.05) is 45.3 Å². The zero-order valence-electron chi connectivity index (χ0n) is 14.1. The lowest BCUT2D eigenvalue weighted by molar-refractivity contribution is 0.0504. The van der Waals surface area contributed by atoms with E-state index in [4.69, 9.17) is 9.72 Å². The predicted molar refractivity (Wildman–Crippen MR) is 88.2 cm³/mol. The van der Waals surface area contributed by atoms with Crippen LogP contribution in [0.2, 0.25) is 0 Å². The van der Waals surface area contributed by atoms with E-state index in [1.54, 1.807) is 0 Å². The van der Waals surface area contributed by atoms with Crippen LogP contribution < -0.4 is 4.90 Å². The molecule has 0 bridgehead atoms. The van der Waals surface area contributed by atoms with Crippen LogP contribution in [0.3, 0.4) is 0 Å². The first-order chi connectivity index (χ1) is 10.6. The molecular formula is C17H28N4O. The van der Waals surface area contributed by atoms with E-state index >= 15 is 0 Å². The van der Waals surface area contributed by atoms with Crippen LogP contribution in [0.15, 0.2) is 6.07 Å². The second-order valence-corrected chi connectivity index (χ2v) is 6.80. The number of anilines is 1. The van der Waals surface area contributed by atoms with Crippen molar-refractivity contribution in [1.82, 2.24) is 14.9 Å². The van der Waals surface area contributed by atoms with Crippen LogP contribution in [0.25, 0.3) is 0 Å². The molecule has 22 heavy (non-hydrogen) atoms. The number of nitrogens with zero attached hydrogens (tertiary/aromatic N) is 4. The van der Waals surface area contributed by atoms with Crippen molar-refractivity contribution in [1.29, 1.82) is 0 Å². The molecule has 0 unspecified atom stereocenters. The summed E-state index contributed by atoms with van der Waals surface area (Å²) < 4.78 is 5.49. The Bertz CT molecular complexity index is 499. The van der Waals surface area contributed by atoms with Crippen LogP contribution in [0.5, 0.6) is 0 Å². The SMILES string of the molecule is Cc1nc([C@H]2CCCN2CC2CCOCC2)cc(N(C)C)n1. The van der Waals surface area contributed by atoms with Gasteiger partial charge >= 0.3 is 0 Å². The van der Waals surface area contributed by atoms with Crippen LogP contribution >= 0.6 is 0 Å². The summed E-state index contributed by atoms with van der Waals surface area (Å²) in [7, 11) is 4.08. The Hall–Kier alpha value is -1.20. The summed E-state index contributed by atoms with van der Waals surface area (Å²) >= 11 is 0. The molecule has 0 spiro atoms. The Balaban J connectivity index is 1.74. The van der Waals surface area contributed by atoms with Gasteiger partial charge in [-0.2, -0.15) is 0 Å². The van der Waals surface area contributed by atoms with Crippen LogP contribution in [0.1, 0.15) is 43.2 Å². The number of hydrogen-bond acceptors (Lipinski definition) is 5. The van der Waals surface area contributed by atoms with Gasteiger partial charge in [0.05, 0.1) is 11.7 Å². The van der Waals surface area contributed by atoms with E-state index in [2.05, 4.69) is 20.9 Å². The van der Waals surface area contributed by atoms with Crippen molar-refractivity contribution in [2.45, 2.75) is 38.6 Å². The molecule has 2 fully saturated rings. The number of likely N-dealkylation sites (tertiary alicyclic amines) is 1. The first-order valence-corrected chi connectivity index (χ1v) is 8.48. The lowest BCUT2D eigenvalue weighted by Crippen LogP contribution is -2.32. The van der Waals surface area contributed by atoms with Gasteiger partial charge in [-0.1, -0.05) is 0 Å². The average molecular weight is 304 g/mol. The van der Waals surface area contributed by atoms with Gasteiger partial charge < -0.3 is 9.64 Å². The summed E-state index contributed by atoms with van der Waals surface area (Å²) in [5, 5.41) is 0. The van der Waals surface area contributed by atoms with Crippen LogP contribution in [-0.4, -0.2) is 55.3 Å². The summed E-state index contributed by atoms with van der Waals surface area (Å²) in [4.78, 5) is 14.0. The predicted octanol–water partition coefficient (Wildman–Crippen LogP) is 2.41. The number of aromatic nitrogens is 2. The van der Waals surface area contributed by atoms with Crippen LogP contribution in [0, 0.1) is 12.8 Å². The molecule has 3 rings (SSSR count). The summed E-state index contributed by atoms with van der Waals surface area (Å²) in [6.07, 6.45) is 4.89. The molecule has 0 amide bonds. The molecule has 1 atom stereocenters. The van der Waals surface area contributed by atoms with Gasteiger partial charge in [-0.15, -0.1) is 0 Å². The maximum absolute atomic E-state index is 5.49. The highest BCUT2D eigenvalue weighted by Gasteiger charge is 2.30. The van der Waals surface area contributed by atoms with E-state index in [0.29, 0.717) is 6.04 Å². The van der Waals surface area contributed by atoms with Gasteiger partial charge in [0.2, 0.25) is 0 Å². The maximum atomic E-state index is 5.49. The largest absolute Gasteiger partial charge is 0.381 e. The zero-order chi connectivity index (χ0) is 15.5. The average Bonchev–Trinajstić information content (AvgIpc) is 2.96. The molecule has 0 radical (unpaired) electrons. The molecule has 0 saturated carbocycles. The van der Waals surface area contributed by atoms with E-state index in [9.17, 15) is 0 Å². The standard InChI is InChI=1S/C17H28N4O/c1-13-18-15(11-17(19-13)20(2)3)16-5-4-8-21(16)12-14-6-9-22-10-7-14/h11,14,16H,4-10,12H2,1-3H3/t16-/m1/s1. The number of rotatable bonds is 4. The van der Waals surface area contributed by atoms with E-state index < -0.39 is 0 Å². The minimum Gasteiger partial charge on any atom is -0.381 e. The fraction of sp³-hybridized carbons (Fsp3) is 0.765. The molecule has 0 aliphatic carbocycles. The van der Waals surface area contributed by atoms with Crippen molar-refractivity contribution in [2.24, 2.45) is 5.92 Å². The van der Waals surface area contributed by atoms with Crippen LogP contribution in [0.4, 0.5) is 5.82 Å². The topological polar surface area (TPSA) is 41.5 Å². The fourth-order valence-corrected chi connectivity index (χ4v) is 3.61. The third kappa shape index (κ3) is 3.58. The number of aryl methyl sites for hydroxylation is 1. The molecule has 1 aromatic rings. The van der Waals surface area contributed by atoms with Gasteiger partial charge in [0.25, 0.3) is 0 Å². The van der Waals surface area contributed by atoms with Gasteiger partial charge in [0, 0.05) is 39.9 Å². The smallest absolute Gasteiger partial charge is 0.132 e. The highest BCUT2D eigenvalue weighted by Crippen LogP contribution is 2.33. The molecule has 2 aliphatic rings. The van der Waals surface area contributed by atoms with Crippen molar-refractivity contribution in [3.63, 3.8) is 0 Å². The van der Waals surface area contributed by atoms with Crippen molar-refractivity contribution < 1.29 is 4.74 Å². The molecule has 3 heterocycles. The van der Waals surface area contributed by atoms with Crippen molar-refractivity contribution in [3.8, 4) is 0 Å². The van der Waals surface area contributed by atoms with E-state index in [0.717, 1.165) is 30.8 Å². The monoisotopic (exact) mass is 304 g/mol. The molecule has 2 saturated heterocycles. The molecule has 1 aromatic heterocycles. The van der Waals surface area contributed by atoms with Gasteiger partial charge in [0.1, 0.15) is 11.6 Å². The highest BCUT2D eigenvalue weighted by molar-refractivity contribution is 5.38. The Morgan fingerprint density at radius 3 is 2.73 bits per heavy atom. The molecule has 0 aromatic carbocycles. The van der Waals surface area contributed by atoms with Crippen molar-refractivity contribution >= 4 is 5.82 Å². The maximum Gasteiger partial charge on any atom is 0.132 e. The Morgan fingerprint density at radius 1 is 1.23 bits per heavy atom. The van der Waals surface area contributed by atoms with Crippen LogP contribution in [-0.2, 0) is 4.74 Å². The van der Waals surface area contributed by atoms with E-state index in [-0.39, 0.29) is 0 Å². The van der Waals surface area contributed by atoms with Gasteiger partial charge in [-0.3, -0.25) is 4.90 Å². The second-order valence-electron chi connectivity index (χ2n) is 6.80. The minimum atomic E-state index is 0.461. The fourth-order valence-electron chi connectivity index (χ4n) is 3.61. The summed E-state index contributed by atoms with van der Waals surface area (Å²) in [5.74, 6) is 2.67. The minimum absolute atomic E-state index is 0.461. The second kappa shape index (κ2) is 6.92. The van der Waals surface area contributed by atoms with Gasteiger partial charge in [-0.25, -0.2) is 9.97 Å². The summed E-state index contributed by atoms with van der Waals surface area (Å²) in [6.45, 7) is 6.24. The Labute approximate surface area is 133 Å². The molecule has 2 aliphatic heterocycles. The molecule has 122 valence electrons. The zero-order valence-corrected chi connectivity index (χ0v) is 14.1. The highest BCUT2D eigenvalue weighted by atomic mass is 16.5. The third-order valence-corrected chi connectivity index (χ3v) is 4.84. The van der Waals surface area contributed by atoms with Gasteiger partial charge in [0.15, 0.2) is 0 Å². The summed E-state index contributed by atoms with van der Waals surface area (Å²) in [6, 6.07) is 2.63. The lowest BCUT2D eigenvalue weighted by atomic mass is 9.99. The number of ether oxygens (including phenoxy) is 1. The summed E-state index contributed by atoms with van der Waals surface area (Å²) in [5.41, 5.74) is 1.20. The van der Waals surface area contributed by atoms with E-state index in [1.807, 2.05) is 21.0 Å². The third-order valence-electron chi connectivity index (χ3n) is 4.84. The quantitative estimate of drug-likeness (QED) is 0.854. The molecule has 5 nitrogen and oxygen atoms in total. The lowest BCUT2D eigenvalue weighted by Gasteiger charge is -2.31. The van der Waals surface area contributed by atoms with Crippen molar-refractivity contribution in [3.05, 3.63) is 17.6 Å². The Kier molecular flexibility index (Phi) is 4.93.